The van der Waals surface area contributed by atoms with E-state index in [2.05, 4.69) is 13.8 Å². The number of Topliss-reactive ketones (excluding diaryl/α,β-unsaturated/α-hetero) is 1. The Balaban J connectivity index is 1.61. The number of fused-ring (bicyclic) bond motifs is 5. The second-order valence-electron chi connectivity index (χ2n) is 9.65. The summed E-state index contributed by atoms with van der Waals surface area (Å²) >= 11 is 0. The first-order valence-electron chi connectivity index (χ1n) is 9.96. The number of allylic oxidation sites excluding steroid dienone is 1. The molecular weight excluding hydrogens is 300 g/mol. The minimum atomic E-state index is -0.495. The molecule has 134 valence electrons. The fourth-order valence-corrected chi connectivity index (χ4v) is 7.54. The van der Waals surface area contributed by atoms with Crippen LogP contribution >= 0.6 is 0 Å². The third-order valence-corrected chi connectivity index (χ3v) is 8.91. The quantitative estimate of drug-likeness (QED) is 0.651. The van der Waals surface area contributed by atoms with E-state index >= 15 is 0 Å². The molecule has 3 heteroatoms. The molecule has 1 unspecified atom stereocenters. The van der Waals surface area contributed by atoms with Crippen LogP contribution in [0.25, 0.3) is 0 Å². The summed E-state index contributed by atoms with van der Waals surface area (Å²) in [6, 6.07) is 0. The minimum absolute atomic E-state index is 0.228. The first-order valence-corrected chi connectivity index (χ1v) is 9.96. The molecule has 4 rings (SSSR count). The lowest BCUT2D eigenvalue weighted by Crippen LogP contribution is -2.53. The molecule has 0 bridgehead atoms. The van der Waals surface area contributed by atoms with Crippen molar-refractivity contribution in [3.63, 3.8) is 0 Å². The van der Waals surface area contributed by atoms with Crippen LogP contribution in [-0.4, -0.2) is 16.0 Å². The van der Waals surface area contributed by atoms with E-state index in [0.29, 0.717) is 29.0 Å². The molecule has 0 amide bonds. The van der Waals surface area contributed by atoms with Crippen LogP contribution in [0.2, 0.25) is 0 Å². The average molecular weight is 332 g/mol. The molecule has 4 fully saturated rings. The summed E-state index contributed by atoms with van der Waals surface area (Å²) in [7, 11) is 0. The second-order valence-corrected chi connectivity index (χ2v) is 9.65. The Bertz CT molecular complexity index is 563. The van der Waals surface area contributed by atoms with Crippen LogP contribution in [0.1, 0.15) is 71.6 Å². The van der Waals surface area contributed by atoms with Gasteiger partial charge in [-0.1, -0.05) is 13.8 Å². The van der Waals surface area contributed by atoms with Gasteiger partial charge in [-0.25, -0.2) is 0 Å². The number of hydrogen-bond donors (Lipinski definition) is 2. The lowest BCUT2D eigenvalue weighted by atomic mass is 9.45. The summed E-state index contributed by atoms with van der Waals surface area (Å²) in [5, 5.41) is 18.7. The smallest absolute Gasteiger partial charge is 0.270 e. The van der Waals surface area contributed by atoms with Crippen LogP contribution < -0.4 is 0 Å². The molecule has 0 aromatic rings. The van der Waals surface area contributed by atoms with E-state index in [1.54, 1.807) is 6.08 Å². The molecule has 0 spiro atoms. The first-order chi connectivity index (χ1) is 11.3. The average Bonchev–Trinajstić information content (AvgIpc) is 2.84. The molecule has 0 heterocycles. The van der Waals surface area contributed by atoms with E-state index in [1.807, 2.05) is 0 Å². The van der Waals surface area contributed by atoms with Crippen molar-refractivity contribution in [2.24, 2.45) is 40.4 Å². The zero-order chi connectivity index (χ0) is 17.1. The van der Waals surface area contributed by atoms with Crippen LogP contribution in [0.5, 0.6) is 0 Å². The van der Waals surface area contributed by atoms with Crippen molar-refractivity contribution in [2.45, 2.75) is 71.6 Å². The molecule has 0 aromatic heterocycles. The third kappa shape index (κ3) is 2.26. The van der Waals surface area contributed by atoms with Gasteiger partial charge in [0.2, 0.25) is 0 Å². The van der Waals surface area contributed by atoms with Crippen molar-refractivity contribution in [3.05, 3.63) is 12.0 Å². The van der Waals surface area contributed by atoms with Gasteiger partial charge >= 0.3 is 0 Å². The summed E-state index contributed by atoms with van der Waals surface area (Å²) in [4.78, 5) is 11.9. The van der Waals surface area contributed by atoms with Crippen molar-refractivity contribution >= 4 is 5.78 Å². The zero-order valence-electron chi connectivity index (χ0n) is 15.1. The van der Waals surface area contributed by atoms with Crippen LogP contribution in [0.15, 0.2) is 12.0 Å². The van der Waals surface area contributed by atoms with Gasteiger partial charge in [-0.05, 0) is 91.4 Å². The molecule has 2 N–H and O–H groups in total. The highest BCUT2D eigenvalue weighted by Crippen LogP contribution is 2.67. The number of hydrogen-bond acceptors (Lipinski definition) is 3. The van der Waals surface area contributed by atoms with E-state index in [1.165, 1.54) is 32.1 Å². The Kier molecular flexibility index (Phi) is 3.78. The van der Waals surface area contributed by atoms with Gasteiger partial charge in [0.1, 0.15) is 5.78 Å². The number of carbonyl (C=O) groups excluding carboxylic acids is 1. The number of carbonyl (C=O) groups is 1. The Morgan fingerprint density at radius 2 is 1.75 bits per heavy atom. The third-order valence-electron chi connectivity index (χ3n) is 8.91. The minimum Gasteiger partial charge on any atom is -0.481 e. The Morgan fingerprint density at radius 1 is 1.00 bits per heavy atom. The van der Waals surface area contributed by atoms with Gasteiger partial charge in [0, 0.05) is 12.8 Å². The Labute approximate surface area is 145 Å². The molecule has 0 saturated heterocycles. The van der Waals surface area contributed by atoms with Crippen molar-refractivity contribution < 1.29 is 15.0 Å². The standard InChI is InChI=1S/C21H32O3/c1-20-9-7-15(22)11-13(20)3-5-16-17-6-4-14(12-19(23)24)21(17,2)10-8-18(16)20/h12-14,16-18,23-24H,3-11H2,1-2H3/t13?,14-,16+,17+,18+,20+,21-/m1/s1. The van der Waals surface area contributed by atoms with E-state index in [0.717, 1.165) is 37.5 Å². The van der Waals surface area contributed by atoms with Gasteiger partial charge in [-0.15, -0.1) is 0 Å². The van der Waals surface area contributed by atoms with E-state index in [4.69, 9.17) is 0 Å². The van der Waals surface area contributed by atoms with E-state index in [-0.39, 0.29) is 5.41 Å². The van der Waals surface area contributed by atoms with Crippen molar-refractivity contribution in [1.29, 1.82) is 0 Å². The molecule has 4 aliphatic rings. The topological polar surface area (TPSA) is 57.5 Å². The van der Waals surface area contributed by atoms with Crippen molar-refractivity contribution in [2.75, 3.05) is 0 Å². The maximum absolute atomic E-state index is 11.9. The van der Waals surface area contributed by atoms with Gasteiger partial charge in [-0.3, -0.25) is 4.79 Å². The second kappa shape index (κ2) is 5.51. The number of aliphatic hydroxyl groups is 2. The van der Waals surface area contributed by atoms with Crippen LogP contribution in [0.3, 0.4) is 0 Å². The highest BCUT2D eigenvalue weighted by Gasteiger charge is 2.59. The summed E-state index contributed by atoms with van der Waals surface area (Å²) in [6.07, 6.45) is 11.7. The van der Waals surface area contributed by atoms with Gasteiger partial charge in [0.25, 0.3) is 5.95 Å². The van der Waals surface area contributed by atoms with E-state index < -0.39 is 5.95 Å². The maximum Gasteiger partial charge on any atom is 0.270 e. The highest BCUT2D eigenvalue weighted by molar-refractivity contribution is 5.79. The van der Waals surface area contributed by atoms with Crippen LogP contribution in [0.4, 0.5) is 0 Å². The lowest BCUT2D eigenvalue weighted by Gasteiger charge is -2.60. The monoisotopic (exact) mass is 332 g/mol. The molecule has 4 saturated carbocycles. The Morgan fingerprint density at radius 3 is 2.50 bits per heavy atom. The summed E-state index contributed by atoms with van der Waals surface area (Å²) < 4.78 is 0. The SMILES string of the molecule is C[C@]12CC[C@H]3[C@@H](CCC4CC(=O)CC[C@@]43C)[C@@H]1CC[C@@H]2C=C(O)O. The van der Waals surface area contributed by atoms with Crippen LogP contribution in [-0.2, 0) is 4.79 Å². The molecule has 7 atom stereocenters. The largest absolute Gasteiger partial charge is 0.481 e. The predicted molar refractivity (Wildman–Crippen MR) is 93.6 cm³/mol. The summed E-state index contributed by atoms with van der Waals surface area (Å²) in [5.41, 5.74) is 0.594. The molecule has 3 nitrogen and oxygen atoms in total. The number of ketones is 1. The summed E-state index contributed by atoms with van der Waals surface area (Å²) in [5.74, 6) is 3.18. The zero-order valence-corrected chi connectivity index (χ0v) is 15.1. The number of rotatable bonds is 1. The predicted octanol–water partition coefficient (Wildman–Crippen LogP) is 5.17. The maximum atomic E-state index is 11.9. The summed E-state index contributed by atoms with van der Waals surface area (Å²) in [6.45, 7) is 4.87. The van der Waals surface area contributed by atoms with Gasteiger partial charge in [0.05, 0.1) is 0 Å². The molecule has 24 heavy (non-hydrogen) atoms. The van der Waals surface area contributed by atoms with Crippen molar-refractivity contribution in [3.8, 4) is 0 Å². The fourth-order valence-electron chi connectivity index (χ4n) is 7.54. The molecule has 0 aromatic carbocycles. The highest BCUT2D eigenvalue weighted by atomic mass is 16.5. The van der Waals surface area contributed by atoms with E-state index in [9.17, 15) is 15.0 Å². The fraction of sp³-hybridized carbons (Fsp3) is 0.857. The van der Waals surface area contributed by atoms with Crippen LogP contribution in [0, 0.1) is 40.4 Å². The van der Waals surface area contributed by atoms with Crippen molar-refractivity contribution in [1.82, 2.24) is 0 Å². The molecule has 0 aliphatic heterocycles. The van der Waals surface area contributed by atoms with Gasteiger partial charge in [-0.2, -0.15) is 0 Å². The molecular formula is C21H32O3. The number of aliphatic hydroxyl groups excluding tert-OH is 1. The van der Waals surface area contributed by atoms with Gasteiger partial charge in [0.15, 0.2) is 0 Å². The molecule has 0 radical (unpaired) electrons. The first kappa shape index (κ1) is 16.5. The van der Waals surface area contributed by atoms with Gasteiger partial charge < -0.3 is 10.2 Å². The normalized spacial score (nSPS) is 50.6. The Hall–Kier alpha value is -0.990. The lowest BCUT2D eigenvalue weighted by molar-refractivity contribution is -0.138. The molecule has 4 aliphatic carbocycles.